The summed E-state index contributed by atoms with van der Waals surface area (Å²) in [5.41, 5.74) is 10.7. The minimum atomic E-state index is 0.0193. The number of benzene rings is 4. The number of hydrogen-bond donors (Lipinski definition) is 7. The summed E-state index contributed by atoms with van der Waals surface area (Å²) in [6.45, 7) is 3.85. The van der Waals surface area contributed by atoms with E-state index in [1.165, 1.54) is 0 Å². The Labute approximate surface area is 251 Å². The van der Waals surface area contributed by atoms with Gasteiger partial charge in [0.1, 0.15) is 11.4 Å². The second-order valence-electron chi connectivity index (χ2n) is 8.94. The minimum absolute atomic E-state index is 0.0193. The topological polar surface area (TPSA) is 134 Å². The predicted molar refractivity (Wildman–Crippen MR) is 170 cm³/mol. The van der Waals surface area contributed by atoms with E-state index in [-0.39, 0.29) is 22.9 Å². The monoisotopic (exact) mass is 606 g/mol. The Balaban J connectivity index is 1.40. The first-order chi connectivity index (χ1) is 19.1. The number of fused-ring (bicyclic) bond motifs is 1. The van der Waals surface area contributed by atoms with Crippen LogP contribution in [-0.2, 0) is 0 Å². The van der Waals surface area contributed by atoms with Crippen LogP contribution in [0.25, 0.3) is 10.8 Å². The van der Waals surface area contributed by atoms with Crippen molar-refractivity contribution < 1.29 is 5.11 Å². The molecular weight excluding hydrogens is 584 g/mol. The molecule has 0 atom stereocenters. The van der Waals surface area contributed by atoms with Crippen LogP contribution in [0.2, 0.25) is 5.28 Å². The van der Waals surface area contributed by atoms with E-state index in [4.69, 9.17) is 17.3 Å². The number of thiol groups is 3. The fourth-order valence-corrected chi connectivity index (χ4v) is 4.86. The highest BCUT2D eigenvalue weighted by Gasteiger charge is 2.14. The van der Waals surface area contributed by atoms with Gasteiger partial charge in [0.2, 0.25) is 17.2 Å². The molecule has 4 aromatic carbocycles. The molecule has 0 saturated carbocycles. The Hall–Kier alpha value is -3.71. The largest absolute Gasteiger partial charge is 0.507 e. The summed E-state index contributed by atoms with van der Waals surface area (Å²) in [7, 11) is 0. The van der Waals surface area contributed by atoms with E-state index in [9.17, 15) is 5.11 Å². The first-order valence-electron chi connectivity index (χ1n) is 11.8. The molecule has 1 heterocycles. The fourth-order valence-electron chi connectivity index (χ4n) is 4.00. The zero-order chi connectivity index (χ0) is 28.6. The number of azo groups is 1. The second kappa shape index (κ2) is 11.4. The molecule has 0 unspecified atom stereocenters. The summed E-state index contributed by atoms with van der Waals surface area (Å²) in [4.78, 5) is 14.6. The van der Waals surface area contributed by atoms with Gasteiger partial charge >= 0.3 is 0 Å². The molecular formula is C27H23ClN8OS3. The highest BCUT2D eigenvalue weighted by Crippen LogP contribution is 2.43. The van der Waals surface area contributed by atoms with E-state index in [0.717, 1.165) is 27.1 Å². The van der Waals surface area contributed by atoms with E-state index >= 15 is 0 Å². The van der Waals surface area contributed by atoms with Crippen molar-refractivity contribution in [3.05, 3.63) is 71.0 Å². The Bertz CT molecular complexity index is 1820. The van der Waals surface area contributed by atoms with Gasteiger partial charge in [-0.2, -0.15) is 15.0 Å². The highest BCUT2D eigenvalue weighted by molar-refractivity contribution is 7.80. The lowest BCUT2D eigenvalue weighted by atomic mass is 10.0. The average Bonchev–Trinajstić information content (AvgIpc) is 2.87. The highest BCUT2D eigenvalue weighted by atomic mass is 35.5. The number of rotatable bonds is 6. The Morgan fingerprint density at radius 3 is 2.35 bits per heavy atom. The molecule has 0 aliphatic rings. The van der Waals surface area contributed by atoms with Gasteiger partial charge in [-0.25, -0.2) is 0 Å². The molecule has 0 aliphatic carbocycles. The van der Waals surface area contributed by atoms with Crippen LogP contribution in [0.1, 0.15) is 11.1 Å². The van der Waals surface area contributed by atoms with Crippen LogP contribution in [0.5, 0.6) is 5.75 Å². The predicted octanol–water partition coefficient (Wildman–Crippen LogP) is 8.35. The van der Waals surface area contributed by atoms with Crippen LogP contribution in [0.4, 0.5) is 40.3 Å². The number of nitrogens with one attached hydrogen (secondary N) is 2. The number of aryl methyl sites for hydroxylation is 2. The number of nitrogens with zero attached hydrogens (tertiary/aromatic N) is 5. The lowest BCUT2D eigenvalue weighted by Gasteiger charge is -2.11. The lowest BCUT2D eigenvalue weighted by Crippen LogP contribution is -2.04. The standard InChI is InChI=1S/C27H23ClN8OS3/c1-12-7-14-9-21(40)23(29)24(22(14)19(37)8-12)36-35-17-6-4-15(10-20(17)39)30-26-32-25(28)33-27(34-26)31-18-11-16(38)5-3-13(18)2/h3-11,37-40H,29H2,1-2H3,(H2,30,31,32,33,34). The number of halogens is 1. The number of hydrogen-bond acceptors (Lipinski definition) is 12. The maximum Gasteiger partial charge on any atom is 0.233 e. The number of nitrogens with two attached hydrogens (primary N) is 1. The van der Waals surface area contributed by atoms with Crippen molar-refractivity contribution in [2.75, 3.05) is 16.4 Å². The molecule has 1 aromatic heterocycles. The zero-order valence-corrected chi connectivity index (χ0v) is 24.6. The Morgan fingerprint density at radius 1 is 0.850 bits per heavy atom. The molecule has 40 heavy (non-hydrogen) atoms. The summed E-state index contributed by atoms with van der Waals surface area (Å²) >= 11 is 19.6. The second-order valence-corrected chi connectivity index (χ2v) is 10.8. The van der Waals surface area contributed by atoms with Crippen molar-refractivity contribution in [2.45, 2.75) is 28.5 Å². The fraction of sp³-hybridized carbons (Fsp3) is 0.0741. The molecule has 9 nitrogen and oxygen atoms in total. The molecule has 5 aromatic rings. The van der Waals surface area contributed by atoms with Crippen LogP contribution in [0.3, 0.4) is 0 Å². The summed E-state index contributed by atoms with van der Waals surface area (Å²) in [5.74, 6) is 0.573. The van der Waals surface area contributed by atoms with Gasteiger partial charge in [0.15, 0.2) is 0 Å². The van der Waals surface area contributed by atoms with E-state index in [1.54, 1.807) is 30.3 Å². The molecule has 5 N–H and O–H groups in total. The number of aromatic nitrogens is 3. The average molecular weight is 607 g/mol. The van der Waals surface area contributed by atoms with E-state index in [1.807, 2.05) is 38.1 Å². The minimum Gasteiger partial charge on any atom is -0.507 e. The van der Waals surface area contributed by atoms with Crippen molar-refractivity contribution in [1.29, 1.82) is 0 Å². The van der Waals surface area contributed by atoms with Crippen LogP contribution in [-0.4, -0.2) is 20.1 Å². The summed E-state index contributed by atoms with van der Waals surface area (Å²) in [6, 6.07) is 16.3. The molecule has 0 bridgehead atoms. The zero-order valence-electron chi connectivity index (χ0n) is 21.2. The van der Waals surface area contributed by atoms with E-state index in [2.05, 4.69) is 73.7 Å². The quantitative estimate of drug-likeness (QED) is 0.0586. The Kier molecular flexibility index (Phi) is 7.95. The first-order valence-corrected chi connectivity index (χ1v) is 13.5. The molecule has 0 radical (unpaired) electrons. The number of aromatic hydroxyl groups is 1. The normalized spacial score (nSPS) is 11.3. The molecule has 202 valence electrons. The third kappa shape index (κ3) is 6.04. The van der Waals surface area contributed by atoms with Gasteiger partial charge in [0, 0.05) is 26.1 Å². The van der Waals surface area contributed by atoms with Crippen molar-refractivity contribution in [3.8, 4) is 5.75 Å². The van der Waals surface area contributed by atoms with E-state index < -0.39 is 0 Å². The SMILES string of the molecule is Cc1cc(O)c2c(N=Nc3ccc(Nc4nc(Cl)nc(Nc5cc(S)ccc5C)n4)cc3S)c(N)c(S)cc2c1. The van der Waals surface area contributed by atoms with Crippen molar-refractivity contribution >= 4 is 101 Å². The summed E-state index contributed by atoms with van der Waals surface area (Å²) < 4.78 is 0. The van der Waals surface area contributed by atoms with Crippen molar-refractivity contribution in [1.82, 2.24) is 15.0 Å². The smallest absolute Gasteiger partial charge is 0.233 e. The number of phenols is 1. The number of anilines is 5. The van der Waals surface area contributed by atoms with Gasteiger partial charge in [-0.3, -0.25) is 0 Å². The number of nitrogen functional groups attached to an aromatic ring is 1. The van der Waals surface area contributed by atoms with E-state index in [0.29, 0.717) is 37.9 Å². The maximum absolute atomic E-state index is 10.6. The summed E-state index contributed by atoms with van der Waals surface area (Å²) in [5, 5.41) is 26.8. The summed E-state index contributed by atoms with van der Waals surface area (Å²) in [6.07, 6.45) is 0. The van der Waals surface area contributed by atoms with Gasteiger partial charge < -0.3 is 21.5 Å². The third-order valence-electron chi connectivity index (χ3n) is 5.92. The van der Waals surface area contributed by atoms with Crippen molar-refractivity contribution in [2.24, 2.45) is 10.2 Å². The molecule has 0 aliphatic heterocycles. The molecule has 0 fully saturated rings. The van der Waals surface area contributed by atoms with Crippen LogP contribution >= 0.6 is 49.5 Å². The molecule has 0 amide bonds. The van der Waals surface area contributed by atoms with Crippen LogP contribution in [0, 0.1) is 13.8 Å². The lowest BCUT2D eigenvalue weighted by molar-refractivity contribution is 0.481. The van der Waals surface area contributed by atoms with Gasteiger partial charge in [0.05, 0.1) is 16.8 Å². The van der Waals surface area contributed by atoms with Crippen LogP contribution < -0.4 is 16.4 Å². The maximum atomic E-state index is 10.6. The molecule has 0 saturated heterocycles. The van der Waals surface area contributed by atoms with Crippen molar-refractivity contribution in [3.63, 3.8) is 0 Å². The molecule has 0 spiro atoms. The first kappa shape index (κ1) is 27.8. The van der Waals surface area contributed by atoms with Crippen LogP contribution in [0.15, 0.2) is 79.5 Å². The molecule has 5 rings (SSSR count). The third-order valence-corrected chi connectivity index (χ3v) is 7.09. The van der Waals surface area contributed by atoms with Gasteiger partial charge in [-0.15, -0.1) is 48.1 Å². The Morgan fingerprint density at radius 2 is 1.60 bits per heavy atom. The number of phenolic OH excluding ortho intramolecular Hbond substituents is 1. The van der Waals surface area contributed by atoms with Gasteiger partial charge in [-0.1, -0.05) is 12.1 Å². The van der Waals surface area contributed by atoms with Gasteiger partial charge in [0.25, 0.3) is 0 Å². The molecule has 13 heteroatoms. The van der Waals surface area contributed by atoms with Gasteiger partial charge in [-0.05, 0) is 84.4 Å².